The molecular weight excluding hydrogens is 304 g/mol. The fourth-order valence-corrected chi connectivity index (χ4v) is 2.41. The van der Waals surface area contributed by atoms with Gasteiger partial charge < -0.3 is 4.74 Å². The molecule has 1 atom stereocenters. The molecule has 1 aliphatic heterocycles. The van der Waals surface area contributed by atoms with Gasteiger partial charge in [-0.1, -0.05) is 58.2 Å². The molecule has 0 radical (unpaired) electrons. The third-order valence-corrected chi connectivity index (χ3v) is 3.52. The van der Waals surface area contributed by atoms with Crippen molar-refractivity contribution in [2.24, 2.45) is 0 Å². The van der Waals surface area contributed by atoms with Gasteiger partial charge in [0, 0.05) is 11.4 Å². The largest absolute Gasteiger partial charge is 0.430 e. The second-order valence-electron chi connectivity index (χ2n) is 4.13. The number of cyclic esters (lactones) is 1. The van der Waals surface area contributed by atoms with Crippen molar-refractivity contribution in [3.63, 3.8) is 0 Å². The Labute approximate surface area is 130 Å². The average molecular weight is 324 g/mol. The highest BCUT2D eigenvalue weighted by Crippen LogP contribution is 2.35. The van der Waals surface area contributed by atoms with Gasteiger partial charge in [0.15, 0.2) is 0 Å². The summed E-state index contributed by atoms with van der Waals surface area (Å²) in [6.07, 6.45) is 0.667. The zero-order valence-electron chi connectivity index (χ0n) is 16.8. The molecule has 19 heavy (non-hydrogen) atoms. The number of carbonyl (C=O) groups is 1. The zero-order valence-corrected chi connectivity index (χ0v) is 11.3. The average Bonchev–Trinajstić information content (AvgIpc) is 2.63. The van der Waals surface area contributed by atoms with Crippen LogP contribution in [0.25, 0.3) is 10.8 Å². The van der Waals surface area contributed by atoms with E-state index in [1.807, 2.05) is 0 Å². The molecule has 1 saturated heterocycles. The first kappa shape index (κ1) is 6.71. The predicted molar refractivity (Wildman–Crippen MR) is 79.0 cm³/mol. The number of esters is 1. The third-order valence-electron chi connectivity index (χ3n) is 3.01. The third kappa shape index (κ3) is 2.30. The standard InChI is InChI=1S/C16H13BrO2/c17-10-12-8-9-15(16(18)19-12)14-7-3-5-11-4-1-2-6-13(11)14/h1-7,10,15H,8-9H2/b12-10+/i1D,2D,3D,4D,5D,6D,7D. The fourth-order valence-electron chi connectivity index (χ4n) is 2.09. The quantitative estimate of drug-likeness (QED) is 0.722. The van der Waals surface area contributed by atoms with Gasteiger partial charge in [0.25, 0.3) is 0 Å². The Bertz CT molecular complexity index is 979. The van der Waals surface area contributed by atoms with E-state index in [0.717, 1.165) is 0 Å². The highest BCUT2D eigenvalue weighted by atomic mass is 79.9. The van der Waals surface area contributed by atoms with Crippen molar-refractivity contribution in [3.8, 4) is 0 Å². The lowest BCUT2D eigenvalue weighted by atomic mass is 9.88. The molecule has 96 valence electrons. The lowest BCUT2D eigenvalue weighted by Crippen LogP contribution is -2.21. The summed E-state index contributed by atoms with van der Waals surface area (Å²) in [5.41, 5.74) is 0.0200. The summed E-state index contributed by atoms with van der Waals surface area (Å²) in [6.45, 7) is 0. The van der Waals surface area contributed by atoms with Gasteiger partial charge in [-0.15, -0.1) is 0 Å². The highest BCUT2D eigenvalue weighted by Gasteiger charge is 2.29. The van der Waals surface area contributed by atoms with E-state index in [1.54, 1.807) is 0 Å². The van der Waals surface area contributed by atoms with Gasteiger partial charge in [0.05, 0.1) is 15.5 Å². The molecule has 0 bridgehead atoms. The lowest BCUT2D eigenvalue weighted by Gasteiger charge is -2.23. The molecule has 3 rings (SSSR count). The first-order valence-electron chi connectivity index (χ1n) is 9.21. The van der Waals surface area contributed by atoms with Crippen LogP contribution < -0.4 is 0 Å². The summed E-state index contributed by atoms with van der Waals surface area (Å²) in [4.78, 5) is 13.9. The Morgan fingerprint density at radius 1 is 1.26 bits per heavy atom. The van der Waals surface area contributed by atoms with Crippen LogP contribution in [0.5, 0.6) is 0 Å². The Hall–Kier alpha value is -1.61. The van der Waals surface area contributed by atoms with Gasteiger partial charge in [0.2, 0.25) is 0 Å². The predicted octanol–water partition coefficient (Wildman–Crippen LogP) is 4.50. The van der Waals surface area contributed by atoms with E-state index < -0.39 is 48.1 Å². The van der Waals surface area contributed by atoms with Crippen LogP contribution in [0.15, 0.2) is 53.0 Å². The number of fused-ring (bicyclic) bond motifs is 1. The zero-order chi connectivity index (χ0) is 19.3. The van der Waals surface area contributed by atoms with E-state index >= 15 is 0 Å². The van der Waals surface area contributed by atoms with Crippen molar-refractivity contribution >= 4 is 32.7 Å². The van der Waals surface area contributed by atoms with E-state index in [0.29, 0.717) is 12.2 Å². The van der Waals surface area contributed by atoms with E-state index in [4.69, 9.17) is 14.3 Å². The molecule has 2 aromatic rings. The number of carbonyl (C=O) groups excluding carboxylic acids is 1. The normalized spacial score (nSPS) is 26.8. The summed E-state index contributed by atoms with van der Waals surface area (Å²) in [7, 11) is 0. The minimum atomic E-state index is -0.939. The molecule has 0 N–H and O–H groups in total. The summed E-state index contributed by atoms with van der Waals surface area (Å²) in [5.74, 6) is -1.17. The van der Waals surface area contributed by atoms with Gasteiger partial charge in [-0.3, -0.25) is 4.79 Å². The molecule has 0 saturated carbocycles. The maximum absolute atomic E-state index is 12.4. The molecule has 1 unspecified atom stereocenters. The number of halogens is 1. The van der Waals surface area contributed by atoms with Crippen LogP contribution in [0.4, 0.5) is 0 Å². The van der Waals surface area contributed by atoms with Crippen molar-refractivity contribution in [1.29, 1.82) is 0 Å². The molecule has 2 nitrogen and oxygen atoms in total. The van der Waals surface area contributed by atoms with Gasteiger partial charge in [-0.05, 0) is 22.8 Å². The van der Waals surface area contributed by atoms with Gasteiger partial charge in [0.1, 0.15) is 5.76 Å². The van der Waals surface area contributed by atoms with Crippen molar-refractivity contribution < 1.29 is 19.1 Å². The monoisotopic (exact) mass is 323 g/mol. The first-order valence-corrected chi connectivity index (χ1v) is 6.62. The van der Waals surface area contributed by atoms with Crippen LogP contribution in [0.3, 0.4) is 0 Å². The van der Waals surface area contributed by atoms with E-state index in [9.17, 15) is 4.79 Å². The fraction of sp³-hybridized carbons (Fsp3) is 0.188. The molecular formula is C16H13BrO2. The highest BCUT2D eigenvalue weighted by molar-refractivity contribution is 9.11. The minimum absolute atomic E-state index is 0.0200. The molecule has 1 heterocycles. The SMILES string of the molecule is [2H]c1c([2H])c([2H])c2c(C3CC/C(=C\Br)OC3=O)c([2H])c([2H])c([2H])c2c1[2H]. The number of hydrogen-bond donors (Lipinski definition) is 0. The minimum Gasteiger partial charge on any atom is -0.430 e. The summed E-state index contributed by atoms with van der Waals surface area (Å²) >= 11 is 3.10. The van der Waals surface area contributed by atoms with Crippen LogP contribution in [0.2, 0.25) is 0 Å². The topological polar surface area (TPSA) is 26.3 Å². The number of ether oxygens (including phenoxy) is 1. The maximum atomic E-state index is 12.4. The summed E-state index contributed by atoms with van der Waals surface area (Å²) in [5, 5.41) is -0.211. The van der Waals surface area contributed by atoms with Crippen LogP contribution in [-0.4, -0.2) is 5.97 Å². The van der Waals surface area contributed by atoms with Crippen molar-refractivity contribution in [2.75, 3.05) is 0 Å². The van der Waals surface area contributed by atoms with Crippen LogP contribution >= 0.6 is 15.9 Å². The molecule has 0 amide bonds. The molecule has 0 aromatic heterocycles. The van der Waals surface area contributed by atoms with Crippen molar-refractivity contribution in [3.05, 3.63) is 58.6 Å². The number of allylic oxidation sites excluding steroid dienone is 1. The lowest BCUT2D eigenvalue weighted by molar-refractivity contribution is -0.143. The van der Waals surface area contributed by atoms with Crippen molar-refractivity contribution in [2.45, 2.75) is 18.8 Å². The molecule has 1 aliphatic rings. The van der Waals surface area contributed by atoms with Crippen LogP contribution in [-0.2, 0) is 9.53 Å². The molecule has 2 aromatic carbocycles. The molecule has 3 heteroatoms. The van der Waals surface area contributed by atoms with E-state index in [-0.39, 0.29) is 28.8 Å². The summed E-state index contributed by atoms with van der Waals surface area (Å²) < 4.78 is 61.5. The smallest absolute Gasteiger partial charge is 0.318 e. The van der Waals surface area contributed by atoms with Gasteiger partial charge >= 0.3 is 5.97 Å². The molecule has 0 aliphatic carbocycles. The number of hydrogen-bond acceptors (Lipinski definition) is 2. The second kappa shape index (κ2) is 5.17. The van der Waals surface area contributed by atoms with Crippen LogP contribution in [0, 0.1) is 0 Å². The maximum Gasteiger partial charge on any atom is 0.318 e. The first-order chi connectivity index (χ1) is 12.2. The van der Waals surface area contributed by atoms with Gasteiger partial charge in [-0.2, -0.15) is 0 Å². The Morgan fingerprint density at radius 2 is 2.05 bits per heavy atom. The molecule has 0 spiro atoms. The van der Waals surface area contributed by atoms with Gasteiger partial charge in [-0.25, -0.2) is 0 Å². The van der Waals surface area contributed by atoms with Crippen molar-refractivity contribution in [1.82, 2.24) is 0 Å². The van der Waals surface area contributed by atoms with E-state index in [1.165, 1.54) is 4.99 Å². The summed E-state index contributed by atoms with van der Waals surface area (Å²) in [6, 6.07) is -3.22. The Balaban J connectivity index is 2.41. The second-order valence-corrected chi connectivity index (χ2v) is 4.58. The number of rotatable bonds is 1. The van der Waals surface area contributed by atoms with E-state index in [2.05, 4.69) is 15.9 Å². The Kier molecular flexibility index (Phi) is 1.83. The Morgan fingerprint density at radius 3 is 2.84 bits per heavy atom. The molecule has 1 fully saturated rings. The number of benzene rings is 2. The van der Waals surface area contributed by atoms with Crippen LogP contribution in [0.1, 0.15) is 33.9 Å².